The van der Waals surface area contributed by atoms with Crippen molar-refractivity contribution in [1.82, 2.24) is 20.4 Å². The van der Waals surface area contributed by atoms with E-state index in [4.69, 9.17) is 0 Å². The van der Waals surface area contributed by atoms with Crippen molar-refractivity contribution in [2.75, 3.05) is 19.6 Å². The smallest absolute Gasteiger partial charge is 0.256 e. The molecule has 1 aliphatic heterocycles. The summed E-state index contributed by atoms with van der Waals surface area (Å²) >= 11 is 0. The van der Waals surface area contributed by atoms with Gasteiger partial charge in [0.1, 0.15) is 0 Å². The summed E-state index contributed by atoms with van der Waals surface area (Å²) < 4.78 is 26.4. The largest absolute Gasteiger partial charge is 0.379 e. The SMILES string of the molecule is O=C1N(Cc2ccc(F)c(F)c2)CCCC1(O)CNCCc1cn[nH]c1. The maximum absolute atomic E-state index is 13.4. The highest BCUT2D eigenvalue weighted by atomic mass is 19.2. The first-order valence-electron chi connectivity index (χ1n) is 8.62. The van der Waals surface area contributed by atoms with Crippen LogP contribution in [0.4, 0.5) is 8.78 Å². The number of halogens is 2. The van der Waals surface area contributed by atoms with Crippen molar-refractivity contribution < 1.29 is 18.7 Å². The monoisotopic (exact) mass is 364 g/mol. The number of aromatic nitrogens is 2. The molecule has 0 aliphatic carbocycles. The molecule has 0 saturated carbocycles. The Kier molecular flexibility index (Phi) is 5.63. The molecule has 1 aromatic heterocycles. The maximum Gasteiger partial charge on any atom is 0.256 e. The number of aromatic amines is 1. The zero-order valence-corrected chi connectivity index (χ0v) is 14.3. The minimum absolute atomic E-state index is 0.146. The van der Waals surface area contributed by atoms with E-state index in [1.807, 2.05) is 0 Å². The lowest BCUT2D eigenvalue weighted by molar-refractivity contribution is -0.157. The highest BCUT2D eigenvalue weighted by molar-refractivity contribution is 5.86. The molecule has 0 radical (unpaired) electrons. The van der Waals surface area contributed by atoms with E-state index in [1.54, 1.807) is 12.4 Å². The Morgan fingerprint density at radius 2 is 2.15 bits per heavy atom. The molecule has 0 spiro atoms. The molecule has 0 bridgehead atoms. The molecule has 3 rings (SSSR count). The fourth-order valence-corrected chi connectivity index (χ4v) is 3.18. The second kappa shape index (κ2) is 7.92. The molecule has 1 aromatic carbocycles. The van der Waals surface area contributed by atoms with Crippen LogP contribution in [-0.4, -0.2) is 51.3 Å². The highest BCUT2D eigenvalue weighted by Crippen LogP contribution is 2.24. The van der Waals surface area contributed by atoms with Crippen LogP contribution < -0.4 is 5.32 Å². The number of nitrogens with zero attached hydrogens (tertiary/aromatic N) is 2. The fourth-order valence-electron chi connectivity index (χ4n) is 3.18. The predicted octanol–water partition coefficient (Wildman–Crippen LogP) is 1.37. The first-order chi connectivity index (χ1) is 12.5. The molecule has 1 amide bonds. The van der Waals surface area contributed by atoms with Crippen molar-refractivity contribution in [3.05, 3.63) is 53.4 Å². The van der Waals surface area contributed by atoms with Crippen molar-refractivity contribution in [2.45, 2.75) is 31.4 Å². The van der Waals surface area contributed by atoms with E-state index in [-0.39, 0.29) is 19.0 Å². The number of nitrogens with one attached hydrogen (secondary N) is 2. The topological polar surface area (TPSA) is 81.2 Å². The van der Waals surface area contributed by atoms with Crippen LogP contribution in [0.1, 0.15) is 24.0 Å². The van der Waals surface area contributed by atoms with Crippen molar-refractivity contribution >= 4 is 5.91 Å². The first kappa shape index (κ1) is 18.5. The molecule has 1 saturated heterocycles. The normalized spacial score (nSPS) is 20.6. The van der Waals surface area contributed by atoms with Gasteiger partial charge in [-0.15, -0.1) is 0 Å². The number of piperidine rings is 1. The molecular formula is C18H22F2N4O2. The molecule has 1 fully saturated rings. The Morgan fingerprint density at radius 1 is 1.31 bits per heavy atom. The summed E-state index contributed by atoms with van der Waals surface area (Å²) in [7, 11) is 0. The summed E-state index contributed by atoms with van der Waals surface area (Å²) in [6.07, 6.45) is 5.28. The molecule has 2 heterocycles. The van der Waals surface area contributed by atoms with Gasteiger partial charge >= 0.3 is 0 Å². The Balaban J connectivity index is 1.56. The molecule has 1 aliphatic rings. The van der Waals surface area contributed by atoms with Crippen molar-refractivity contribution in [2.24, 2.45) is 0 Å². The number of hydrogen-bond acceptors (Lipinski definition) is 4. The summed E-state index contributed by atoms with van der Waals surface area (Å²) in [6.45, 7) is 1.39. The average Bonchev–Trinajstić information content (AvgIpc) is 3.13. The third kappa shape index (κ3) is 4.25. The highest BCUT2D eigenvalue weighted by Gasteiger charge is 2.41. The molecule has 2 aromatic rings. The number of hydrogen-bond donors (Lipinski definition) is 3. The Bertz CT molecular complexity index is 754. The average molecular weight is 364 g/mol. The maximum atomic E-state index is 13.4. The van der Waals surface area contributed by atoms with Crippen LogP contribution in [0.25, 0.3) is 0 Å². The zero-order valence-electron chi connectivity index (χ0n) is 14.3. The van der Waals surface area contributed by atoms with Crippen LogP contribution in [0.3, 0.4) is 0 Å². The lowest BCUT2D eigenvalue weighted by atomic mass is 9.91. The van der Waals surface area contributed by atoms with Gasteiger partial charge in [-0.05, 0) is 49.1 Å². The van der Waals surface area contributed by atoms with Gasteiger partial charge in [-0.1, -0.05) is 6.07 Å². The minimum atomic E-state index is -1.48. The molecule has 140 valence electrons. The summed E-state index contributed by atoms with van der Waals surface area (Å²) in [4.78, 5) is 14.2. The first-order valence-corrected chi connectivity index (χ1v) is 8.62. The minimum Gasteiger partial charge on any atom is -0.379 e. The van der Waals surface area contributed by atoms with Gasteiger partial charge in [0.25, 0.3) is 5.91 Å². The van der Waals surface area contributed by atoms with E-state index < -0.39 is 17.2 Å². The molecule has 1 atom stereocenters. The number of carbonyl (C=O) groups is 1. The van der Waals surface area contributed by atoms with Gasteiger partial charge in [-0.2, -0.15) is 5.10 Å². The zero-order chi connectivity index (χ0) is 18.6. The van der Waals surface area contributed by atoms with E-state index in [0.29, 0.717) is 31.5 Å². The third-order valence-electron chi connectivity index (χ3n) is 4.62. The van der Waals surface area contributed by atoms with Gasteiger partial charge in [0.15, 0.2) is 17.2 Å². The van der Waals surface area contributed by atoms with Crippen LogP contribution in [0, 0.1) is 11.6 Å². The number of amides is 1. The van der Waals surface area contributed by atoms with E-state index in [2.05, 4.69) is 15.5 Å². The van der Waals surface area contributed by atoms with Crippen molar-refractivity contribution in [3.8, 4) is 0 Å². The van der Waals surface area contributed by atoms with E-state index in [9.17, 15) is 18.7 Å². The standard InChI is InChI=1S/C18H22F2N4O2/c19-15-3-2-13(8-16(15)20)11-24-7-1-5-18(26,17(24)25)12-21-6-4-14-9-22-23-10-14/h2-3,8-10,21,26H,1,4-7,11-12H2,(H,22,23). The fraction of sp³-hybridized carbons (Fsp3) is 0.444. The number of likely N-dealkylation sites (tertiary alicyclic amines) is 1. The second-order valence-corrected chi connectivity index (χ2v) is 6.64. The van der Waals surface area contributed by atoms with Crippen LogP contribution in [0.2, 0.25) is 0 Å². The number of rotatable bonds is 7. The lowest BCUT2D eigenvalue weighted by Crippen LogP contribution is -2.57. The Hall–Kier alpha value is -2.32. The van der Waals surface area contributed by atoms with Gasteiger partial charge in [0.05, 0.1) is 6.20 Å². The van der Waals surface area contributed by atoms with Crippen LogP contribution >= 0.6 is 0 Å². The summed E-state index contributed by atoms with van der Waals surface area (Å²) in [6, 6.07) is 3.57. The van der Waals surface area contributed by atoms with Crippen molar-refractivity contribution in [1.29, 1.82) is 0 Å². The van der Waals surface area contributed by atoms with Crippen LogP contribution in [0.15, 0.2) is 30.6 Å². The van der Waals surface area contributed by atoms with E-state index in [1.165, 1.54) is 11.0 Å². The third-order valence-corrected chi connectivity index (χ3v) is 4.62. The Morgan fingerprint density at radius 3 is 2.88 bits per heavy atom. The van der Waals surface area contributed by atoms with Gasteiger partial charge in [-0.3, -0.25) is 9.89 Å². The quantitative estimate of drug-likeness (QED) is 0.649. The van der Waals surface area contributed by atoms with E-state index >= 15 is 0 Å². The lowest BCUT2D eigenvalue weighted by Gasteiger charge is -2.38. The number of aliphatic hydroxyl groups is 1. The summed E-state index contributed by atoms with van der Waals surface area (Å²) in [5.74, 6) is -2.25. The molecule has 1 unspecified atom stereocenters. The van der Waals surface area contributed by atoms with Gasteiger partial charge in [0.2, 0.25) is 0 Å². The van der Waals surface area contributed by atoms with Crippen LogP contribution in [-0.2, 0) is 17.8 Å². The molecule has 26 heavy (non-hydrogen) atoms. The van der Waals surface area contributed by atoms with Gasteiger partial charge < -0.3 is 15.3 Å². The second-order valence-electron chi connectivity index (χ2n) is 6.64. The summed E-state index contributed by atoms with van der Waals surface area (Å²) in [5, 5.41) is 20.5. The summed E-state index contributed by atoms with van der Waals surface area (Å²) in [5.41, 5.74) is 0.0570. The Labute approximate surface area is 150 Å². The number of carbonyl (C=O) groups excluding carboxylic acids is 1. The van der Waals surface area contributed by atoms with Crippen LogP contribution in [0.5, 0.6) is 0 Å². The number of H-pyrrole nitrogens is 1. The molecule has 8 heteroatoms. The van der Waals surface area contributed by atoms with Gasteiger partial charge in [-0.25, -0.2) is 8.78 Å². The van der Waals surface area contributed by atoms with Gasteiger partial charge in [0, 0.05) is 25.8 Å². The van der Waals surface area contributed by atoms with E-state index in [0.717, 1.165) is 24.1 Å². The molecule has 6 nitrogen and oxygen atoms in total. The number of benzene rings is 1. The van der Waals surface area contributed by atoms with Crippen molar-refractivity contribution in [3.63, 3.8) is 0 Å². The molecule has 3 N–H and O–H groups in total. The molecular weight excluding hydrogens is 342 g/mol. The predicted molar refractivity (Wildman–Crippen MR) is 91.1 cm³/mol.